The molecule has 0 spiro atoms. The molecular formula is C33H38N4O. The maximum Gasteiger partial charge on any atom is 0.258 e. The van der Waals surface area contributed by atoms with Crippen molar-refractivity contribution in [3.05, 3.63) is 89.5 Å². The van der Waals surface area contributed by atoms with E-state index in [2.05, 4.69) is 39.8 Å². The van der Waals surface area contributed by atoms with Gasteiger partial charge in [0.1, 0.15) is 0 Å². The fourth-order valence-corrected chi connectivity index (χ4v) is 6.60. The van der Waals surface area contributed by atoms with E-state index in [9.17, 15) is 4.79 Å². The molecule has 0 atom stereocenters. The molecule has 3 aliphatic rings. The molecule has 5 nitrogen and oxygen atoms in total. The lowest BCUT2D eigenvalue weighted by atomic mass is 9.76. The zero-order chi connectivity index (χ0) is 25.9. The molecule has 38 heavy (non-hydrogen) atoms. The van der Waals surface area contributed by atoms with Gasteiger partial charge >= 0.3 is 0 Å². The second-order valence-electron chi connectivity index (χ2n) is 11.2. The van der Waals surface area contributed by atoms with Crippen LogP contribution in [0.1, 0.15) is 61.6 Å². The van der Waals surface area contributed by atoms with Crippen molar-refractivity contribution in [2.45, 2.75) is 51.5 Å². The number of nitrogens with two attached hydrogens (primary N) is 1. The zero-order valence-electron chi connectivity index (χ0n) is 22.1. The maximum absolute atomic E-state index is 13.1. The summed E-state index contributed by atoms with van der Waals surface area (Å²) in [6.07, 6.45) is 9.96. The van der Waals surface area contributed by atoms with E-state index in [0.29, 0.717) is 11.3 Å². The Hall–Kier alpha value is -3.57. The molecule has 3 aromatic carbocycles. The van der Waals surface area contributed by atoms with Crippen LogP contribution in [-0.4, -0.2) is 23.9 Å². The summed E-state index contributed by atoms with van der Waals surface area (Å²) in [5, 5.41) is 6.56. The van der Waals surface area contributed by atoms with E-state index < -0.39 is 0 Å². The Morgan fingerprint density at radius 1 is 0.868 bits per heavy atom. The van der Waals surface area contributed by atoms with Crippen molar-refractivity contribution in [2.24, 2.45) is 11.8 Å². The van der Waals surface area contributed by atoms with Gasteiger partial charge < -0.3 is 16.4 Å². The van der Waals surface area contributed by atoms with Gasteiger partial charge in [-0.05, 0) is 79.2 Å². The zero-order valence-corrected chi connectivity index (χ0v) is 22.1. The van der Waals surface area contributed by atoms with E-state index in [4.69, 9.17) is 5.73 Å². The van der Waals surface area contributed by atoms with Gasteiger partial charge in [-0.3, -0.25) is 9.69 Å². The molecule has 1 aliphatic carbocycles. The average Bonchev–Trinajstić information content (AvgIpc) is 3.28. The fourth-order valence-electron chi connectivity index (χ4n) is 6.60. The van der Waals surface area contributed by atoms with Crippen molar-refractivity contribution in [2.75, 3.05) is 29.5 Å². The number of benzene rings is 3. The molecule has 196 valence electrons. The monoisotopic (exact) mass is 506 g/mol. The first kappa shape index (κ1) is 24.7. The van der Waals surface area contributed by atoms with Gasteiger partial charge in [0, 0.05) is 29.2 Å². The van der Waals surface area contributed by atoms with Crippen molar-refractivity contribution in [3.63, 3.8) is 0 Å². The summed E-state index contributed by atoms with van der Waals surface area (Å²) in [6, 6.07) is 24.2. The first-order valence-corrected chi connectivity index (χ1v) is 14.2. The largest absolute Gasteiger partial charge is 0.399 e. The van der Waals surface area contributed by atoms with Crippen molar-refractivity contribution in [1.82, 2.24) is 4.90 Å². The van der Waals surface area contributed by atoms with Crippen molar-refractivity contribution < 1.29 is 4.79 Å². The highest BCUT2D eigenvalue weighted by Gasteiger charge is 2.29. The Morgan fingerprint density at radius 3 is 2.32 bits per heavy atom. The van der Waals surface area contributed by atoms with Crippen LogP contribution >= 0.6 is 0 Å². The lowest BCUT2D eigenvalue weighted by Crippen LogP contribution is -2.36. The number of nitrogens with one attached hydrogen (secondary N) is 2. The average molecular weight is 507 g/mol. The molecule has 2 heterocycles. The quantitative estimate of drug-likeness (QED) is 0.249. The smallest absolute Gasteiger partial charge is 0.258 e. The van der Waals surface area contributed by atoms with Gasteiger partial charge in [-0.25, -0.2) is 0 Å². The SMILES string of the molecule is Nc1ccc2c(c1)/C(=C(/Nc1ccc(CN3CCC(C4CCCCC4)CC3)cc1)c1ccccc1)C(=O)N2. The summed E-state index contributed by atoms with van der Waals surface area (Å²) in [5.74, 6) is 1.80. The minimum Gasteiger partial charge on any atom is -0.399 e. The topological polar surface area (TPSA) is 70.4 Å². The number of hydrogen-bond donors (Lipinski definition) is 3. The van der Waals surface area contributed by atoms with Crippen LogP contribution in [0.15, 0.2) is 72.8 Å². The van der Waals surface area contributed by atoms with E-state index in [1.165, 1.54) is 63.6 Å². The molecule has 4 N–H and O–H groups in total. The lowest BCUT2D eigenvalue weighted by molar-refractivity contribution is -0.110. The standard InChI is InChI=1S/C33H38N4O/c34-27-13-16-30-29(21-27)31(33(38)36-30)32(26-9-5-2-6-10-26)35-28-14-11-23(12-15-28)22-37-19-17-25(18-20-37)24-7-3-1-4-8-24/h2,5-6,9-16,21,24-25,35H,1,3-4,7-8,17-20,22,34H2,(H,36,38)/b32-31-. The fraction of sp³-hybridized carbons (Fsp3) is 0.364. The highest BCUT2D eigenvalue weighted by atomic mass is 16.2. The molecule has 5 heteroatoms. The van der Waals surface area contributed by atoms with Gasteiger partial charge in [0.25, 0.3) is 5.91 Å². The predicted octanol–water partition coefficient (Wildman–Crippen LogP) is 6.99. The number of hydrogen-bond acceptors (Lipinski definition) is 4. The Morgan fingerprint density at radius 2 is 1.58 bits per heavy atom. The summed E-state index contributed by atoms with van der Waals surface area (Å²) in [7, 11) is 0. The molecule has 0 radical (unpaired) electrons. The summed E-state index contributed by atoms with van der Waals surface area (Å²) in [6.45, 7) is 3.42. The molecule has 0 bridgehead atoms. The Kier molecular flexibility index (Phi) is 7.19. The molecule has 2 aliphatic heterocycles. The normalized spacial score (nSPS) is 20.2. The van der Waals surface area contributed by atoms with Crippen LogP contribution in [-0.2, 0) is 11.3 Å². The van der Waals surface area contributed by atoms with Gasteiger partial charge in [-0.15, -0.1) is 0 Å². The number of nitrogens with zero attached hydrogens (tertiary/aromatic N) is 1. The minimum absolute atomic E-state index is 0.120. The Labute approximate surface area is 226 Å². The third-order valence-electron chi connectivity index (χ3n) is 8.68. The lowest BCUT2D eigenvalue weighted by Gasteiger charge is -2.37. The Balaban J connectivity index is 1.17. The van der Waals surface area contributed by atoms with E-state index in [1.54, 1.807) is 0 Å². The summed E-state index contributed by atoms with van der Waals surface area (Å²) >= 11 is 0. The second-order valence-corrected chi connectivity index (χ2v) is 11.2. The molecule has 0 aromatic heterocycles. The van der Waals surface area contributed by atoms with E-state index in [1.807, 2.05) is 48.5 Å². The van der Waals surface area contributed by atoms with Crippen molar-refractivity contribution in [3.8, 4) is 0 Å². The molecular weight excluding hydrogens is 468 g/mol. The summed E-state index contributed by atoms with van der Waals surface area (Å²) in [4.78, 5) is 15.7. The first-order valence-electron chi connectivity index (χ1n) is 14.2. The molecule has 0 unspecified atom stereocenters. The van der Waals surface area contributed by atoms with Crippen LogP contribution in [0.5, 0.6) is 0 Å². The number of carbonyl (C=O) groups excluding carboxylic acids is 1. The van der Waals surface area contributed by atoms with Gasteiger partial charge in [0.05, 0.1) is 11.3 Å². The van der Waals surface area contributed by atoms with Crippen LogP contribution in [0.3, 0.4) is 0 Å². The minimum atomic E-state index is -0.120. The molecule has 2 fully saturated rings. The highest BCUT2D eigenvalue weighted by molar-refractivity contribution is 6.37. The predicted molar refractivity (Wildman–Crippen MR) is 157 cm³/mol. The summed E-state index contributed by atoms with van der Waals surface area (Å²) < 4.78 is 0. The van der Waals surface area contributed by atoms with Gasteiger partial charge in [-0.1, -0.05) is 74.6 Å². The molecule has 3 aromatic rings. The number of likely N-dealkylation sites (tertiary alicyclic amines) is 1. The molecule has 6 rings (SSSR count). The Bertz CT molecular complexity index is 1300. The molecule has 1 saturated carbocycles. The molecule has 1 saturated heterocycles. The molecule has 1 amide bonds. The number of rotatable bonds is 6. The van der Waals surface area contributed by atoms with Crippen LogP contribution in [0.2, 0.25) is 0 Å². The van der Waals surface area contributed by atoms with E-state index in [0.717, 1.165) is 46.6 Å². The van der Waals surface area contributed by atoms with E-state index >= 15 is 0 Å². The number of fused-ring (bicyclic) bond motifs is 1. The number of piperidine rings is 1. The first-order chi connectivity index (χ1) is 18.6. The third-order valence-corrected chi connectivity index (χ3v) is 8.68. The number of amides is 1. The second kappa shape index (κ2) is 11.0. The van der Waals surface area contributed by atoms with E-state index in [-0.39, 0.29) is 5.91 Å². The number of carbonyl (C=O) groups is 1. The van der Waals surface area contributed by atoms with Crippen molar-refractivity contribution >= 4 is 34.2 Å². The van der Waals surface area contributed by atoms with Gasteiger partial charge in [0.15, 0.2) is 0 Å². The maximum atomic E-state index is 13.1. The van der Waals surface area contributed by atoms with Gasteiger partial charge in [0.2, 0.25) is 0 Å². The highest BCUT2D eigenvalue weighted by Crippen LogP contribution is 2.39. The summed E-state index contributed by atoms with van der Waals surface area (Å²) in [5.41, 5.74) is 13.0. The van der Waals surface area contributed by atoms with Gasteiger partial charge in [-0.2, -0.15) is 0 Å². The van der Waals surface area contributed by atoms with Crippen LogP contribution in [0, 0.1) is 11.8 Å². The van der Waals surface area contributed by atoms with Crippen LogP contribution in [0.25, 0.3) is 11.3 Å². The third kappa shape index (κ3) is 5.34. The number of nitrogen functional groups attached to an aromatic ring is 1. The van der Waals surface area contributed by atoms with Crippen LogP contribution < -0.4 is 16.4 Å². The number of anilines is 3. The van der Waals surface area contributed by atoms with Crippen molar-refractivity contribution in [1.29, 1.82) is 0 Å². The van der Waals surface area contributed by atoms with Crippen LogP contribution in [0.4, 0.5) is 17.1 Å².